The molecular formula is C25H20ClN3O3. The van der Waals surface area contributed by atoms with Crippen LogP contribution in [-0.4, -0.2) is 22.0 Å². The summed E-state index contributed by atoms with van der Waals surface area (Å²) >= 11 is 6.52. The molecule has 6 nitrogen and oxygen atoms in total. The van der Waals surface area contributed by atoms with Crippen LogP contribution in [-0.2, 0) is 11.3 Å². The number of halogens is 1. The fourth-order valence-corrected chi connectivity index (χ4v) is 4.37. The van der Waals surface area contributed by atoms with Crippen molar-refractivity contribution in [2.45, 2.75) is 12.5 Å². The van der Waals surface area contributed by atoms with E-state index in [0.29, 0.717) is 22.7 Å². The summed E-state index contributed by atoms with van der Waals surface area (Å²) in [4.78, 5) is 28.3. The first kappa shape index (κ1) is 20.2. The minimum absolute atomic E-state index is 0.126. The van der Waals surface area contributed by atoms with Crippen molar-refractivity contribution in [3.05, 3.63) is 106 Å². The highest BCUT2D eigenvalue weighted by atomic mass is 35.5. The molecule has 0 radical (unpaired) electrons. The Kier molecular flexibility index (Phi) is 5.29. The molecule has 32 heavy (non-hydrogen) atoms. The van der Waals surface area contributed by atoms with E-state index < -0.39 is 5.76 Å². The summed E-state index contributed by atoms with van der Waals surface area (Å²) < 4.78 is 6.56. The number of rotatable bonds is 6. The van der Waals surface area contributed by atoms with Gasteiger partial charge in [-0.3, -0.25) is 9.36 Å². The molecule has 2 aromatic heterocycles. The summed E-state index contributed by atoms with van der Waals surface area (Å²) in [6.07, 6.45) is 1.96. The minimum atomic E-state index is -0.555. The van der Waals surface area contributed by atoms with E-state index in [9.17, 15) is 9.59 Å². The van der Waals surface area contributed by atoms with Gasteiger partial charge in [0.15, 0.2) is 5.58 Å². The molecule has 1 amide bonds. The molecule has 0 aliphatic carbocycles. The standard InChI is InChI=1S/C25H20ClN3O3/c26-20-9-3-1-7-16(20)18(19-13-27-21-10-4-2-8-17(19)21)14-28-24(30)15-29-22-11-5-6-12-23(22)32-25(29)31/h1-13,18,27H,14-15H2,(H,28,30)/t18-/m1/s1. The van der Waals surface area contributed by atoms with E-state index in [1.807, 2.05) is 54.7 Å². The molecule has 7 heteroatoms. The van der Waals surface area contributed by atoms with Crippen molar-refractivity contribution in [2.24, 2.45) is 0 Å². The second-order valence-corrected chi connectivity index (χ2v) is 8.00. The van der Waals surface area contributed by atoms with Gasteiger partial charge in [-0.1, -0.05) is 60.1 Å². The van der Waals surface area contributed by atoms with Crippen molar-refractivity contribution in [1.29, 1.82) is 0 Å². The molecule has 2 N–H and O–H groups in total. The Labute approximate surface area is 188 Å². The normalized spacial score (nSPS) is 12.3. The van der Waals surface area contributed by atoms with Crippen LogP contribution in [0.4, 0.5) is 0 Å². The number of nitrogens with one attached hydrogen (secondary N) is 2. The molecular weight excluding hydrogens is 426 g/mol. The monoisotopic (exact) mass is 445 g/mol. The van der Waals surface area contributed by atoms with Crippen LogP contribution < -0.4 is 11.1 Å². The number of para-hydroxylation sites is 3. The highest BCUT2D eigenvalue weighted by Gasteiger charge is 2.21. The fourth-order valence-electron chi connectivity index (χ4n) is 4.11. The summed E-state index contributed by atoms with van der Waals surface area (Å²) in [5, 5.41) is 4.69. The van der Waals surface area contributed by atoms with Crippen molar-refractivity contribution in [1.82, 2.24) is 14.9 Å². The zero-order valence-electron chi connectivity index (χ0n) is 17.0. The number of carbonyl (C=O) groups is 1. The van der Waals surface area contributed by atoms with E-state index in [4.69, 9.17) is 16.0 Å². The third kappa shape index (κ3) is 3.69. The molecule has 0 bridgehead atoms. The van der Waals surface area contributed by atoms with E-state index in [1.54, 1.807) is 24.3 Å². The van der Waals surface area contributed by atoms with E-state index in [-0.39, 0.29) is 18.4 Å². The van der Waals surface area contributed by atoms with Gasteiger partial charge >= 0.3 is 5.76 Å². The van der Waals surface area contributed by atoms with Gasteiger partial charge in [-0.2, -0.15) is 0 Å². The lowest BCUT2D eigenvalue weighted by atomic mass is 9.90. The molecule has 0 aliphatic heterocycles. The number of fused-ring (bicyclic) bond motifs is 2. The van der Waals surface area contributed by atoms with Crippen LogP contribution in [0.2, 0.25) is 5.02 Å². The highest BCUT2D eigenvalue weighted by molar-refractivity contribution is 6.31. The number of hydrogen-bond donors (Lipinski definition) is 2. The number of aromatic nitrogens is 2. The Hall–Kier alpha value is -3.77. The average molecular weight is 446 g/mol. The SMILES string of the molecule is O=C(Cn1c(=O)oc2ccccc21)NC[C@H](c1ccccc1Cl)c1c[nH]c2ccccc12. The van der Waals surface area contributed by atoms with Gasteiger partial charge in [0, 0.05) is 34.6 Å². The Balaban J connectivity index is 1.43. The molecule has 0 unspecified atom stereocenters. The molecule has 5 rings (SSSR count). The van der Waals surface area contributed by atoms with Gasteiger partial charge in [0.2, 0.25) is 5.91 Å². The van der Waals surface area contributed by atoms with Crippen molar-refractivity contribution >= 4 is 39.5 Å². The quantitative estimate of drug-likeness (QED) is 0.398. The smallest absolute Gasteiger partial charge is 0.408 e. The van der Waals surface area contributed by atoms with Crippen LogP contribution in [0.5, 0.6) is 0 Å². The van der Waals surface area contributed by atoms with Crippen LogP contribution >= 0.6 is 11.6 Å². The molecule has 3 aromatic carbocycles. The Morgan fingerprint density at radius 3 is 2.62 bits per heavy atom. The number of hydrogen-bond acceptors (Lipinski definition) is 3. The van der Waals surface area contributed by atoms with Gasteiger partial charge in [0.25, 0.3) is 0 Å². The van der Waals surface area contributed by atoms with Gasteiger partial charge in [0.05, 0.1) is 5.52 Å². The zero-order chi connectivity index (χ0) is 22.1. The molecule has 5 aromatic rings. The van der Waals surface area contributed by atoms with E-state index in [2.05, 4.69) is 10.3 Å². The highest BCUT2D eigenvalue weighted by Crippen LogP contribution is 2.34. The number of aromatic amines is 1. The van der Waals surface area contributed by atoms with Crippen LogP contribution in [0.25, 0.3) is 22.0 Å². The fraction of sp³-hybridized carbons (Fsp3) is 0.120. The molecule has 0 saturated heterocycles. The average Bonchev–Trinajstić information content (AvgIpc) is 3.36. The van der Waals surface area contributed by atoms with Crippen LogP contribution in [0.1, 0.15) is 17.0 Å². The van der Waals surface area contributed by atoms with E-state index >= 15 is 0 Å². The Morgan fingerprint density at radius 2 is 1.75 bits per heavy atom. The molecule has 160 valence electrons. The second-order valence-electron chi connectivity index (χ2n) is 7.59. The summed E-state index contributed by atoms with van der Waals surface area (Å²) in [7, 11) is 0. The number of nitrogens with zero attached hydrogens (tertiary/aromatic N) is 1. The predicted molar refractivity (Wildman–Crippen MR) is 125 cm³/mol. The third-order valence-electron chi connectivity index (χ3n) is 5.66. The number of amides is 1. The first-order valence-electron chi connectivity index (χ1n) is 10.3. The van der Waals surface area contributed by atoms with E-state index in [0.717, 1.165) is 22.0 Å². The second kappa shape index (κ2) is 8.40. The number of H-pyrrole nitrogens is 1. The summed E-state index contributed by atoms with van der Waals surface area (Å²) in [6.45, 7) is 0.202. The summed E-state index contributed by atoms with van der Waals surface area (Å²) in [6, 6.07) is 22.7. The maximum Gasteiger partial charge on any atom is 0.420 e. The molecule has 0 fully saturated rings. The summed E-state index contributed by atoms with van der Waals surface area (Å²) in [5.41, 5.74) is 4.03. The number of carbonyl (C=O) groups excluding carboxylic acids is 1. The summed E-state index contributed by atoms with van der Waals surface area (Å²) in [5.74, 6) is -1.00. The van der Waals surface area contributed by atoms with Gasteiger partial charge in [-0.05, 0) is 35.4 Å². The van der Waals surface area contributed by atoms with E-state index in [1.165, 1.54) is 4.57 Å². The topological polar surface area (TPSA) is 80.0 Å². The molecule has 0 saturated carbocycles. The molecule has 1 atom stereocenters. The minimum Gasteiger partial charge on any atom is -0.408 e. The maximum atomic E-state index is 12.8. The van der Waals surface area contributed by atoms with Gasteiger partial charge in [-0.15, -0.1) is 0 Å². The molecule has 2 heterocycles. The number of benzene rings is 3. The zero-order valence-corrected chi connectivity index (χ0v) is 17.8. The first-order valence-corrected chi connectivity index (χ1v) is 10.6. The first-order chi connectivity index (χ1) is 15.6. The van der Waals surface area contributed by atoms with Crippen LogP contribution in [0, 0.1) is 0 Å². The Morgan fingerprint density at radius 1 is 1.00 bits per heavy atom. The number of oxazole rings is 1. The van der Waals surface area contributed by atoms with Gasteiger partial charge < -0.3 is 14.7 Å². The lowest BCUT2D eigenvalue weighted by Crippen LogP contribution is -2.33. The van der Waals surface area contributed by atoms with Gasteiger partial charge in [0.1, 0.15) is 6.54 Å². The lowest BCUT2D eigenvalue weighted by Gasteiger charge is -2.19. The Bertz CT molecular complexity index is 1480. The lowest BCUT2D eigenvalue weighted by molar-refractivity contribution is -0.121. The molecule has 0 aliphatic rings. The van der Waals surface area contributed by atoms with Crippen molar-refractivity contribution in [3.63, 3.8) is 0 Å². The van der Waals surface area contributed by atoms with Crippen LogP contribution in [0.3, 0.4) is 0 Å². The third-order valence-corrected chi connectivity index (χ3v) is 6.00. The van der Waals surface area contributed by atoms with Crippen molar-refractivity contribution < 1.29 is 9.21 Å². The van der Waals surface area contributed by atoms with Crippen molar-refractivity contribution in [2.75, 3.05) is 6.54 Å². The predicted octanol–water partition coefficient (Wildman–Crippen LogP) is 4.68. The van der Waals surface area contributed by atoms with Gasteiger partial charge in [-0.25, -0.2) is 4.79 Å². The maximum absolute atomic E-state index is 12.8. The largest absolute Gasteiger partial charge is 0.420 e. The van der Waals surface area contributed by atoms with Crippen molar-refractivity contribution in [3.8, 4) is 0 Å². The molecule has 0 spiro atoms. The van der Waals surface area contributed by atoms with Crippen LogP contribution in [0.15, 0.2) is 88.2 Å².